The number of carbonyl (C=O) groups is 2. The molecule has 7 heteroatoms. The molecule has 4 aromatic rings. The van der Waals surface area contributed by atoms with Crippen LogP contribution in [-0.4, -0.2) is 18.4 Å². The highest BCUT2D eigenvalue weighted by Crippen LogP contribution is 2.29. The number of rotatable bonds is 6. The number of anilines is 2. The van der Waals surface area contributed by atoms with Gasteiger partial charge in [-0.15, -0.1) is 0 Å². The van der Waals surface area contributed by atoms with E-state index in [1.807, 2.05) is 0 Å². The molecule has 0 unspecified atom stereocenters. The second-order valence-corrected chi connectivity index (χ2v) is 6.94. The molecular formula is C25H18F2N2O3. The Morgan fingerprint density at radius 1 is 0.781 bits per heavy atom. The van der Waals surface area contributed by atoms with E-state index in [4.69, 9.17) is 4.74 Å². The van der Waals surface area contributed by atoms with E-state index in [0.29, 0.717) is 27.8 Å². The van der Waals surface area contributed by atoms with E-state index < -0.39 is 23.4 Å². The van der Waals surface area contributed by atoms with Crippen LogP contribution in [0, 0.1) is 11.6 Å². The fourth-order valence-corrected chi connectivity index (χ4v) is 3.25. The van der Waals surface area contributed by atoms with Crippen molar-refractivity contribution >= 4 is 34.0 Å². The molecule has 160 valence electrons. The number of halogens is 2. The molecule has 0 aliphatic rings. The van der Waals surface area contributed by atoms with Crippen molar-refractivity contribution in [3.8, 4) is 5.75 Å². The molecule has 0 aliphatic heterocycles. The van der Waals surface area contributed by atoms with Gasteiger partial charge in [0.2, 0.25) is 0 Å². The average Bonchev–Trinajstić information content (AvgIpc) is 2.79. The summed E-state index contributed by atoms with van der Waals surface area (Å²) in [4.78, 5) is 25.0. The number of ether oxygens (including phenoxy) is 1. The van der Waals surface area contributed by atoms with Gasteiger partial charge in [-0.2, -0.15) is 0 Å². The second kappa shape index (κ2) is 9.26. The Labute approximate surface area is 182 Å². The van der Waals surface area contributed by atoms with E-state index in [9.17, 15) is 18.4 Å². The monoisotopic (exact) mass is 432 g/mol. The van der Waals surface area contributed by atoms with Crippen LogP contribution in [0.15, 0.2) is 84.9 Å². The number of hydrogen-bond acceptors (Lipinski definition) is 3. The summed E-state index contributed by atoms with van der Waals surface area (Å²) in [6.45, 7) is -0.340. The molecule has 0 heterocycles. The van der Waals surface area contributed by atoms with Crippen LogP contribution in [0.2, 0.25) is 0 Å². The maximum atomic E-state index is 13.7. The molecule has 0 saturated carbocycles. The first-order valence-corrected chi connectivity index (χ1v) is 9.77. The Kier molecular flexibility index (Phi) is 6.07. The summed E-state index contributed by atoms with van der Waals surface area (Å²) in [7, 11) is 0. The number of nitrogens with one attached hydrogen (secondary N) is 2. The Morgan fingerprint density at radius 3 is 2.31 bits per heavy atom. The van der Waals surface area contributed by atoms with Crippen molar-refractivity contribution in [1.82, 2.24) is 0 Å². The van der Waals surface area contributed by atoms with Crippen LogP contribution in [-0.2, 0) is 4.79 Å². The van der Waals surface area contributed by atoms with Gasteiger partial charge in [0.1, 0.15) is 17.4 Å². The van der Waals surface area contributed by atoms with Crippen molar-refractivity contribution in [2.75, 3.05) is 17.2 Å². The minimum Gasteiger partial charge on any atom is -0.483 e. The number of fused-ring (bicyclic) bond motifs is 1. The number of carbonyl (C=O) groups excluding carboxylic acids is 2. The number of para-hydroxylation sites is 1. The van der Waals surface area contributed by atoms with Crippen LogP contribution < -0.4 is 15.4 Å². The van der Waals surface area contributed by atoms with Crippen molar-refractivity contribution in [3.63, 3.8) is 0 Å². The molecule has 5 nitrogen and oxygen atoms in total. The predicted molar refractivity (Wildman–Crippen MR) is 119 cm³/mol. The van der Waals surface area contributed by atoms with Crippen molar-refractivity contribution in [2.24, 2.45) is 0 Å². The molecule has 0 spiro atoms. The van der Waals surface area contributed by atoms with Crippen LogP contribution in [0.25, 0.3) is 10.8 Å². The third-order valence-corrected chi connectivity index (χ3v) is 4.72. The smallest absolute Gasteiger partial charge is 0.262 e. The zero-order valence-corrected chi connectivity index (χ0v) is 16.8. The lowest BCUT2D eigenvalue weighted by molar-refractivity contribution is -0.118. The van der Waals surface area contributed by atoms with Crippen molar-refractivity contribution in [3.05, 3.63) is 102 Å². The largest absolute Gasteiger partial charge is 0.483 e. The van der Waals surface area contributed by atoms with Gasteiger partial charge in [-0.25, -0.2) is 8.78 Å². The second-order valence-electron chi connectivity index (χ2n) is 6.94. The van der Waals surface area contributed by atoms with Crippen LogP contribution in [0.5, 0.6) is 5.75 Å². The zero-order chi connectivity index (χ0) is 22.5. The quantitative estimate of drug-likeness (QED) is 0.429. The SMILES string of the molecule is O=C(COc1ccc(C(=O)Nc2cccc(F)c2)c2ccccc12)Nc1ccccc1F. The van der Waals surface area contributed by atoms with E-state index in [-0.39, 0.29) is 12.3 Å². The lowest BCUT2D eigenvalue weighted by Gasteiger charge is -2.13. The van der Waals surface area contributed by atoms with Crippen LogP contribution in [0.1, 0.15) is 10.4 Å². The summed E-state index contributed by atoms with van der Waals surface area (Å²) < 4.78 is 32.8. The lowest BCUT2D eigenvalue weighted by Crippen LogP contribution is -2.21. The van der Waals surface area contributed by atoms with Gasteiger partial charge in [0.05, 0.1) is 5.69 Å². The minimum atomic E-state index is -0.542. The summed E-state index contributed by atoms with van der Waals surface area (Å²) in [5, 5.41) is 6.36. The molecule has 0 aliphatic carbocycles. The molecule has 32 heavy (non-hydrogen) atoms. The average molecular weight is 432 g/mol. The summed E-state index contributed by atoms with van der Waals surface area (Å²) in [6.07, 6.45) is 0. The molecule has 2 amide bonds. The minimum absolute atomic E-state index is 0.0651. The molecule has 0 fully saturated rings. The summed E-state index contributed by atoms with van der Waals surface area (Å²) >= 11 is 0. The highest BCUT2D eigenvalue weighted by molar-refractivity contribution is 6.14. The Bertz CT molecular complexity index is 1310. The summed E-state index contributed by atoms with van der Waals surface area (Å²) in [5.74, 6) is -1.53. The molecule has 2 N–H and O–H groups in total. The van der Waals surface area contributed by atoms with Crippen molar-refractivity contribution in [2.45, 2.75) is 0 Å². The Morgan fingerprint density at radius 2 is 1.53 bits per heavy atom. The third kappa shape index (κ3) is 4.73. The van der Waals surface area contributed by atoms with Gasteiger partial charge < -0.3 is 15.4 Å². The van der Waals surface area contributed by atoms with Gasteiger partial charge in [-0.3, -0.25) is 9.59 Å². The molecule has 0 bridgehead atoms. The van der Waals surface area contributed by atoms with Gasteiger partial charge >= 0.3 is 0 Å². The fourth-order valence-electron chi connectivity index (χ4n) is 3.25. The number of benzene rings is 4. The zero-order valence-electron chi connectivity index (χ0n) is 16.8. The summed E-state index contributed by atoms with van der Waals surface area (Å²) in [6, 6.07) is 21.7. The van der Waals surface area contributed by atoms with E-state index in [2.05, 4.69) is 10.6 Å². The van der Waals surface area contributed by atoms with Gasteiger partial charge in [-0.1, -0.05) is 42.5 Å². The van der Waals surface area contributed by atoms with Crippen molar-refractivity contribution < 1.29 is 23.1 Å². The fraction of sp³-hybridized carbons (Fsp3) is 0.0400. The van der Waals surface area contributed by atoms with E-state index in [0.717, 1.165) is 0 Å². The van der Waals surface area contributed by atoms with E-state index in [1.165, 1.54) is 36.4 Å². The van der Waals surface area contributed by atoms with Crippen LogP contribution >= 0.6 is 0 Å². The van der Waals surface area contributed by atoms with Gasteiger partial charge in [0.15, 0.2) is 6.61 Å². The first kappa shape index (κ1) is 21.0. The summed E-state index contributed by atoms with van der Waals surface area (Å²) in [5.41, 5.74) is 0.771. The first-order chi connectivity index (χ1) is 15.5. The molecule has 0 radical (unpaired) electrons. The van der Waals surface area contributed by atoms with Gasteiger partial charge in [0, 0.05) is 16.6 Å². The molecule has 0 aromatic heterocycles. The lowest BCUT2D eigenvalue weighted by atomic mass is 10.0. The predicted octanol–water partition coefficient (Wildman–Crippen LogP) is 5.39. The number of amides is 2. The Balaban J connectivity index is 1.52. The molecule has 4 rings (SSSR count). The highest BCUT2D eigenvalue weighted by Gasteiger charge is 2.15. The van der Waals surface area contributed by atoms with Crippen molar-refractivity contribution in [1.29, 1.82) is 0 Å². The standard InChI is InChI=1S/C25H18F2N2O3/c26-16-6-5-7-17(14-16)28-25(31)20-12-13-23(19-9-2-1-8-18(19)20)32-15-24(30)29-22-11-4-3-10-21(22)27/h1-14H,15H2,(H,28,31)(H,29,30). The molecule has 0 saturated heterocycles. The maximum Gasteiger partial charge on any atom is 0.262 e. The first-order valence-electron chi connectivity index (χ1n) is 9.77. The highest BCUT2D eigenvalue weighted by atomic mass is 19.1. The van der Waals surface area contributed by atoms with Gasteiger partial charge in [-0.05, 0) is 47.9 Å². The number of hydrogen-bond donors (Lipinski definition) is 2. The van der Waals surface area contributed by atoms with E-state index >= 15 is 0 Å². The van der Waals surface area contributed by atoms with Gasteiger partial charge in [0.25, 0.3) is 11.8 Å². The third-order valence-electron chi connectivity index (χ3n) is 4.72. The maximum absolute atomic E-state index is 13.7. The van der Waals surface area contributed by atoms with Crippen LogP contribution in [0.4, 0.5) is 20.2 Å². The van der Waals surface area contributed by atoms with E-state index in [1.54, 1.807) is 48.5 Å². The molecule has 0 atom stereocenters. The van der Waals surface area contributed by atoms with Crippen LogP contribution in [0.3, 0.4) is 0 Å². The molecular weight excluding hydrogens is 414 g/mol. The topological polar surface area (TPSA) is 67.4 Å². The Hall–Kier alpha value is -4.26. The molecule has 4 aromatic carbocycles. The normalized spacial score (nSPS) is 10.6.